The number of fused-ring (bicyclic) bond motifs is 11. The van der Waals surface area contributed by atoms with E-state index in [1.165, 1.54) is 131 Å². The van der Waals surface area contributed by atoms with Crippen LogP contribution < -0.4 is 0 Å². The van der Waals surface area contributed by atoms with Gasteiger partial charge in [-0.25, -0.2) is 4.98 Å². The van der Waals surface area contributed by atoms with Crippen molar-refractivity contribution in [1.82, 2.24) is 14.1 Å². The molecule has 14 aromatic rings. The summed E-state index contributed by atoms with van der Waals surface area (Å²) in [6.45, 7) is 0. The molecule has 0 amide bonds. The highest BCUT2D eigenvalue weighted by Crippen LogP contribution is 2.55. The van der Waals surface area contributed by atoms with Crippen LogP contribution in [0.15, 0.2) is 200 Å². The molecule has 3 nitrogen and oxygen atoms in total. The minimum absolute atomic E-state index is 1.07. The SMILES string of the molecule is c1ccc(-c2nc3c(s2)-c2cc4ccc(-n5c6ccccc6c6cc(-c7ccc8c(c7)c7c9ccccc9ccc7n8-c7ccccc7)ccc65)c5ccc6ccc-3c2c6c45)cc1. The summed E-state index contributed by atoms with van der Waals surface area (Å²) in [5, 5.41) is 16.4. The van der Waals surface area contributed by atoms with Crippen LogP contribution in [0.4, 0.5) is 0 Å². The first-order valence-corrected chi connectivity index (χ1v) is 22.4. The minimum Gasteiger partial charge on any atom is -0.309 e. The Balaban J connectivity index is 0.927. The molecule has 63 heavy (non-hydrogen) atoms. The molecule has 4 heteroatoms. The molecular formula is C59H33N3S. The van der Waals surface area contributed by atoms with E-state index in [9.17, 15) is 0 Å². The fourth-order valence-corrected chi connectivity index (χ4v) is 12.2. The third kappa shape index (κ3) is 4.50. The largest absolute Gasteiger partial charge is 0.309 e. The maximum atomic E-state index is 5.27. The van der Waals surface area contributed by atoms with Crippen molar-refractivity contribution in [3.63, 3.8) is 0 Å². The average molecular weight is 816 g/mol. The van der Waals surface area contributed by atoms with E-state index < -0.39 is 0 Å². The summed E-state index contributed by atoms with van der Waals surface area (Å²) in [6.07, 6.45) is 0. The number of nitrogens with zero attached hydrogens (tertiary/aromatic N) is 3. The van der Waals surface area contributed by atoms with Gasteiger partial charge in [0.25, 0.3) is 0 Å². The lowest BCUT2D eigenvalue weighted by atomic mass is 9.90. The molecule has 11 aromatic carbocycles. The number of rotatable bonds is 4. The summed E-state index contributed by atoms with van der Waals surface area (Å²) in [7, 11) is 0. The quantitative estimate of drug-likeness (QED) is 0.162. The Hall–Kier alpha value is -8.05. The first-order chi connectivity index (χ1) is 31.2. The fraction of sp³-hybridized carbons (Fsp3) is 0. The van der Waals surface area contributed by atoms with Gasteiger partial charge in [0.2, 0.25) is 0 Å². The maximum Gasteiger partial charge on any atom is 0.124 e. The van der Waals surface area contributed by atoms with Crippen molar-refractivity contribution in [3.05, 3.63) is 200 Å². The molecule has 0 bridgehead atoms. The lowest BCUT2D eigenvalue weighted by Crippen LogP contribution is -1.97. The average Bonchev–Trinajstić information content (AvgIpc) is 4.10. The Morgan fingerprint density at radius 1 is 0.349 bits per heavy atom. The lowest BCUT2D eigenvalue weighted by Gasteiger charge is -2.17. The van der Waals surface area contributed by atoms with Gasteiger partial charge in [-0.2, -0.15) is 0 Å². The van der Waals surface area contributed by atoms with E-state index in [2.05, 4.69) is 209 Å². The molecule has 0 saturated carbocycles. The van der Waals surface area contributed by atoms with Crippen LogP contribution in [-0.2, 0) is 0 Å². The Kier molecular flexibility index (Phi) is 6.56. The van der Waals surface area contributed by atoms with Crippen molar-refractivity contribution < 1.29 is 0 Å². The highest BCUT2D eigenvalue weighted by Gasteiger charge is 2.29. The number of aromatic nitrogens is 3. The van der Waals surface area contributed by atoms with Crippen molar-refractivity contribution in [2.24, 2.45) is 0 Å². The molecule has 0 N–H and O–H groups in total. The van der Waals surface area contributed by atoms with Gasteiger partial charge >= 0.3 is 0 Å². The Labute approximate surface area is 365 Å². The van der Waals surface area contributed by atoms with Gasteiger partial charge in [0.15, 0.2) is 0 Å². The molecular weight excluding hydrogens is 783 g/mol. The van der Waals surface area contributed by atoms with Crippen LogP contribution in [0.3, 0.4) is 0 Å². The maximum absolute atomic E-state index is 5.27. The van der Waals surface area contributed by atoms with Crippen molar-refractivity contribution in [2.45, 2.75) is 0 Å². The van der Waals surface area contributed by atoms with E-state index in [-0.39, 0.29) is 0 Å². The Morgan fingerprint density at radius 2 is 1.02 bits per heavy atom. The molecule has 1 aliphatic rings. The lowest BCUT2D eigenvalue weighted by molar-refractivity contribution is 1.18. The van der Waals surface area contributed by atoms with Crippen LogP contribution >= 0.6 is 11.3 Å². The molecule has 3 aromatic heterocycles. The second-order valence-corrected chi connectivity index (χ2v) is 18.0. The number of benzene rings is 11. The summed E-state index contributed by atoms with van der Waals surface area (Å²) >= 11 is 1.81. The topological polar surface area (TPSA) is 22.8 Å². The standard InChI is InChI=1S/C59H33N3S/c1-3-12-36(13-4-1)59-60-57-44-26-20-35-19-25-43-49(29-24-39-33-47(58(57)63-59)56(44)54(35)53(39)43)62-48-18-10-9-17-42(48)45-31-37(22-27-50(45)62)38-23-28-51-46(32-38)55-41-16-8-7-11-34(41)21-30-52(55)61(51)40-14-5-2-6-15-40/h1-33H. The second-order valence-electron chi connectivity index (χ2n) is 17.0. The van der Waals surface area contributed by atoms with Crippen LogP contribution in [0.1, 0.15) is 0 Å². The summed E-state index contributed by atoms with van der Waals surface area (Å²) in [5.74, 6) is 0. The number of hydrogen-bond acceptors (Lipinski definition) is 2. The summed E-state index contributed by atoms with van der Waals surface area (Å²) in [4.78, 5) is 6.54. The van der Waals surface area contributed by atoms with Crippen molar-refractivity contribution in [1.29, 1.82) is 0 Å². The van der Waals surface area contributed by atoms with Crippen LogP contribution in [0.2, 0.25) is 0 Å². The van der Waals surface area contributed by atoms with Crippen molar-refractivity contribution >= 4 is 98.0 Å². The first kappa shape index (κ1) is 33.6. The Morgan fingerprint density at radius 3 is 1.87 bits per heavy atom. The molecule has 0 saturated heterocycles. The monoisotopic (exact) mass is 815 g/mol. The molecule has 0 unspecified atom stereocenters. The van der Waals surface area contributed by atoms with E-state index >= 15 is 0 Å². The smallest absolute Gasteiger partial charge is 0.124 e. The van der Waals surface area contributed by atoms with Crippen molar-refractivity contribution in [2.75, 3.05) is 0 Å². The van der Waals surface area contributed by atoms with Gasteiger partial charge in [-0.05, 0) is 104 Å². The Bertz CT molecular complexity index is 4250. The molecule has 1 aliphatic carbocycles. The zero-order valence-electron chi connectivity index (χ0n) is 33.8. The van der Waals surface area contributed by atoms with Crippen LogP contribution in [-0.4, -0.2) is 14.1 Å². The van der Waals surface area contributed by atoms with Crippen molar-refractivity contribution in [3.8, 4) is 54.8 Å². The zero-order chi connectivity index (χ0) is 40.9. The van der Waals surface area contributed by atoms with Crippen LogP contribution in [0.25, 0.3) is 141 Å². The predicted molar refractivity (Wildman–Crippen MR) is 267 cm³/mol. The molecule has 15 rings (SSSR count). The molecule has 290 valence electrons. The van der Waals surface area contributed by atoms with E-state index in [0.717, 1.165) is 10.7 Å². The van der Waals surface area contributed by atoms with Gasteiger partial charge in [0.1, 0.15) is 5.01 Å². The zero-order valence-corrected chi connectivity index (χ0v) is 34.6. The third-order valence-corrected chi connectivity index (χ3v) is 14.9. The van der Waals surface area contributed by atoms with Gasteiger partial charge in [-0.15, -0.1) is 11.3 Å². The van der Waals surface area contributed by atoms with E-state index in [4.69, 9.17) is 4.98 Å². The fourth-order valence-electron chi connectivity index (χ4n) is 11.1. The summed E-state index contributed by atoms with van der Waals surface area (Å²) in [5.41, 5.74) is 14.4. The number of thiazole rings is 1. The predicted octanol–water partition coefficient (Wildman–Crippen LogP) is 16.4. The normalized spacial score (nSPS) is 12.4. The molecule has 0 fully saturated rings. The highest BCUT2D eigenvalue weighted by atomic mass is 32.1. The molecule has 0 radical (unpaired) electrons. The van der Waals surface area contributed by atoms with Gasteiger partial charge < -0.3 is 9.13 Å². The van der Waals surface area contributed by atoms with Gasteiger partial charge in [-0.3, -0.25) is 0 Å². The van der Waals surface area contributed by atoms with Gasteiger partial charge in [0.05, 0.1) is 38.3 Å². The molecule has 0 aliphatic heterocycles. The first-order valence-electron chi connectivity index (χ1n) is 21.6. The van der Waals surface area contributed by atoms with Gasteiger partial charge in [-0.1, -0.05) is 140 Å². The number of hydrogen-bond donors (Lipinski definition) is 0. The number of para-hydroxylation sites is 2. The second kappa shape index (κ2) is 12.3. The molecule has 3 heterocycles. The summed E-state index contributed by atoms with van der Waals surface area (Å²) < 4.78 is 4.91. The third-order valence-electron chi connectivity index (χ3n) is 13.8. The van der Waals surface area contributed by atoms with Gasteiger partial charge in [0, 0.05) is 54.7 Å². The molecule has 0 atom stereocenters. The van der Waals surface area contributed by atoms with Crippen LogP contribution in [0.5, 0.6) is 0 Å². The van der Waals surface area contributed by atoms with Crippen LogP contribution in [0, 0.1) is 0 Å². The molecule has 0 spiro atoms. The van der Waals surface area contributed by atoms with E-state index in [1.807, 2.05) is 11.3 Å². The minimum atomic E-state index is 1.07. The highest BCUT2D eigenvalue weighted by molar-refractivity contribution is 7.19. The summed E-state index contributed by atoms with van der Waals surface area (Å²) in [6, 6.07) is 74.0. The van der Waals surface area contributed by atoms with E-state index in [1.54, 1.807) is 0 Å². The van der Waals surface area contributed by atoms with E-state index in [0.29, 0.717) is 0 Å².